The Morgan fingerprint density at radius 2 is 1.27 bits per heavy atom. The van der Waals surface area contributed by atoms with Crippen molar-refractivity contribution in [3.63, 3.8) is 0 Å². The topological polar surface area (TPSA) is 71.1 Å². The summed E-state index contributed by atoms with van der Waals surface area (Å²) < 4.78 is 106. The molecule has 5 atom stereocenters. The van der Waals surface area contributed by atoms with Crippen LogP contribution < -0.4 is 0 Å². The van der Waals surface area contributed by atoms with Crippen LogP contribution in [-0.4, -0.2) is 50.7 Å². The van der Waals surface area contributed by atoms with Crippen LogP contribution >= 0.6 is 0 Å². The second kappa shape index (κ2) is 13.4. The van der Waals surface area contributed by atoms with Crippen LogP contribution in [0, 0.1) is 11.3 Å². The number of carbonyl (C=O) groups is 2. The minimum absolute atomic E-state index is 0.112. The Kier molecular flexibility index (Phi) is 10.7. The van der Waals surface area contributed by atoms with E-state index in [2.05, 4.69) is 0 Å². The maximum atomic E-state index is 14.3. The molecule has 3 rings (SSSR count). The summed E-state index contributed by atoms with van der Waals surface area (Å²) in [6, 6.07) is 12.9. The number of carbonyl (C=O) groups excluding carboxylic acids is 2. The number of halogens is 6. The Balaban J connectivity index is 1.82. The molecule has 0 spiro atoms. The quantitative estimate of drug-likeness (QED) is 0.151. The lowest BCUT2D eigenvalue weighted by atomic mass is 9.67. The number of alkyl halides is 6. The maximum Gasteiger partial charge on any atom is 0.432 e. The van der Waals surface area contributed by atoms with Gasteiger partial charge in [0.2, 0.25) is 0 Å². The van der Waals surface area contributed by atoms with Gasteiger partial charge in [-0.25, -0.2) is 9.59 Å². The van der Waals surface area contributed by atoms with E-state index in [1.807, 2.05) is 0 Å². The van der Waals surface area contributed by atoms with Crippen molar-refractivity contribution in [3.8, 4) is 0 Å². The summed E-state index contributed by atoms with van der Waals surface area (Å²) >= 11 is 0. The van der Waals surface area contributed by atoms with Gasteiger partial charge in [-0.05, 0) is 37.8 Å². The summed E-state index contributed by atoms with van der Waals surface area (Å²) in [4.78, 5) is 26.1. The van der Waals surface area contributed by atoms with E-state index < -0.39 is 64.2 Å². The predicted octanol–water partition coefficient (Wildman–Crippen LogP) is 7.59. The normalized spacial score (nSPS) is 22.1. The number of methoxy groups -OCH3 is 2. The van der Waals surface area contributed by atoms with Gasteiger partial charge in [-0.2, -0.15) is 26.3 Å². The number of rotatable bonds is 10. The van der Waals surface area contributed by atoms with E-state index >= 15 is 0 Å². The molecule has 0 N–H and O–H groups in total. The van der Waals surface area contributed by atoms with Crippen LogP contribution in [0.25, 0.3) is 0 Å². The maximum absolute atomic E-state index is 14.3. The third kappa shape index (κ3) is 6.96. The standard InChI is InChI=1S/C33H36F6O6/c1-21-19-25(45-28(41)31(43-6,33(37,38)39)24-15-11-8-12-16-24)20-29(3,4)26(21)18-17-22(2)44-27(40)30(42-5,32(34,35)36)23-13-9-7-10-14-23/h7-19,22,25-26H,20H2,1-6H3/b18-17+/t22-,25+,26+,30-,31-/m1/s1. The van der Waals surface area contributed by atoms with Gasteiger partial charge in [0, 0.05) is 31.3 Å². The Labute approximate surface area is 258 Å². The summed E-state index contributed by atoms with van der Waals surface area (Å²) in [5, 5.41) is 0. The molecule has 1 aliphatic carbocycles. The van der Waals surface area contributed by atoms with E-state index in [9.17, 15) is 35.9 Å². The van der Waals surface area contributed by atoms with Gasteiger partial charge in [0.1, 0.15) is 12.2 Å². The highest BCUT2D eigenvalue weighted by atomic mass is 19.4. The second-order valence-electron chi connectivity index (χ2n) is 11.5. The van der Waals surface area contributed by atoms with Crippen molar-refractivity contribution in [3.05, 3.63) is 95.6 Å². The van der Waals surface area contributed by atoms with Crippen molar-refractivity contribution >= 4 is 11.9 Å². The molecule has 2 aromatic rings. The van der Waals surface area contributed by atoms with Crippen molar-refractivity contribution < 1.29 is 54.9 Å². The van der Waals surface area contributed by atoms with Crippen LogP contribution in [0.15, 0.2) is 84.5 Å². The fraction of sp³-hybridized carbons (Fsp3) is 0.455. The molecule has 45 heavy (non-hydrogen) atoms. The molecule has 0 unspecified atom stereocenters. The Morgan fingerprint density at radius 1 is 0.822 bits per heavy atom. The van der Waals surface area contributed by atoms with Crippen LogP contribution in [0.4, 0.5) is 26.3 Å². The first-order chi connectivity index (χ1) is 20.9. The molecule has 0 amide bonds. The van der Waals surface area contributed by atoms with Gasteiger partial charge in [0.25, 0.3) is 11.2 Å². The average Bonchev–Trinajstić information content (AvgIpc) is 2.93. The largest absolute Gasteiger partial charge is 0.456 e. The summed E-state index contributed by atoms with van der Waals surface area (Å²) in [6.45, 7) is 6.68. The van der Waals surface area contributed by atoms with Crippen molar-refractivity contribution in [1.29, 1.82) is 0 Å². The summed E-state index contributed by atoms with van der Waals surface area (Å²) in [6.07, 6.45) is -7.71. The fourth-order valence-corrected chi connectivity index (χ4v) is 5.76. The Bertz CT molecular complexity index is 1390. The summed E-state index contributed by atoms with van der Waals surface area (Å²) in [5.74, 6) is -3.65. The molecule has 0 saturated carbocycles. The zero-order chi connectivity index (χ0) is 33.8. The minimum Gasteiger partial charge on any atom is -0.456 e. The van der Waals surface area contributed by atoms with Crippen molar-refractivity contribution in [2.75, 3.05) is 14.2 Å². The highest BCUT2D eigenvalue weighted by molar-refractivity contribution is 5.83. The van der Waals surface area contributed by atoms with E-state index in [-0.39, 0.29) is 12.3 Å². The van der Waals surface area contributed by atoms with E-state index in [4.69, 9.17) is 18.9 Å². The molecule has 0 radical (unpaired) electrons. The van der Waals surface area contributed by atoms with Crippen molar-refractivity contribution in [2.45, 2.75) is 69.9 Å². The van der Waals surface area contributed by atoms with Gasteiger partial charge in [-0.3, -0.25) is 0 Å². The predicted molar refractivity (Wildman–Crippen MR) is 153 cm³/mol. The first kappa shape index (κ1) is 35.8. The van der Waals surface area contributed by atoms with E-state index in [0.717, 1.165) is 38.5 Å². The molecular formula is C33H36F6O6. The first-order valence-electron chi connectivity index (χ1n) is 14.0. The van der Waals surface area contributed by atoms with Crippen LogP contribution in [0.2, 0.25) is 0 Å². The number of hydrogen-bond acceptors (Lipinski definition) is 6. The molecule has 0 bridgehead atoms. The molecule has 1 aliphatic rings. The fourth-order valence-electron chi connectivity index (χ4n) is 5.76. The molecule has 12 heteroatoms. The van der Waals surface area contributed by atoms with Crippen LogP contribution in [-0.2, 0) is 39.7 Å². The molecule has 0 fully saturated rings. The molecule has 0 aliphatic heterocycles. The number of allylic oxidation sites excluding steroid dienone is 2. The lowest BCUT2D eigenvalue weighted by molar-refractivity contribution is -0.278. The lowest BCUT2D eigenvalue weighted by Gasteiger charge is -2.41. The lowest BCUT2D eigenvalue weighted by Crippen LogP contribution is -2.53. The van der Waals surface area contributed by atoms with Crippen molar-refractivity contribution in [1.82, 2.24) is 0 Å². The Hall–Kier alpha value is -3.64. The molecule has 6 nitrogen and oxygen atoms in total. The molecule has 2 aromatic carbocycles. The van der Waals surface area contributed by atoms with E-state index in [0.29, 0.717) is 5.57 Å². The Morgan fingerprint density at radius 3 is 1.67 bits per heavy atom. The third-order valence-corrected chi connectivity index (χ3v) is 7.98. The molecule has 0 aromatic heterocycles. The summed E-state index contributed by atoms with van der Waals surface area (Å²) in [5.41, 5.74) is -7.63. The molecular weight excluding hydrogens is 606 g/mol. The van der Waals surface area contributed by atoms with Crippen LogP contribution in [0.3, 0.4) is 0 Å². The highest BCUT2D eigenvalue weighted by Gasteiger charge is 2.65. The molecule has 246 valence electrons. The zero-order valence-electron chi connectivity index (χ0n) is 25.7. The third-order valence-electron chi connectivity index (χ3n) is 7.98. The monoisotopic (exact) mass is 642 g/mol. The van der Waals surface area contributed by atoms with Gasteiger partial charge in [-0.15, -0.1) is 0 Å². The minimum atomic E-state index is -5.13. The first-order valence-corrected chi connectivity index (χ1v) is 14.0. The van der Waals surface area contributed by atoms with Crippen LogP contribution in [0.5, 0.6) is 0 Å². The zero-order valence-corrected chi connectivity index (χ0v) is 25.7. The average molecular weight is 643 g/mol. The summed E-state index contributed by atoms with van der Waals surface area (Å²) in [7, 11) is 1.56. The number of ether oxygens (including phenoxy) is 4. The van der Waals surface area contributed by atoms with Gasteiger partial charge in [0.15, 0.2) is 0 Å². The van der Waals surface area contributed by atoms with E-state index in [1.54, 1.807) is 26.8 Å². The molecule has 0 saturated heterocycles. The van der Waals surface area contributed by atoms with Gasteiger partial charge < -0.3 is 18.9 Å². The van der Waals surface area contributed by atoms with Gasteiger partial charge in [-0.1, -0.05) is 86.2 Å². The molecule has 0 heterocycles. The SMILES string of the molecule is CO[C@@](C(=O)O[C@H](C)/C=C/[C@H]1C(C)=C[C@H](OC(=O)[C@](OC)(c2ccccc2)C(F)(F)F)CC1(C)C)(c1ccccc1)C(F)(F)F. The number of benzene rings is 2. The second-order valence-corrected chi connectivity index (χ2v) is 11.5. The van der Waals surface area contributed by atoms with E-state index in [1.165, 1.54) is 55.5 Å². The van der Waals surface area contributed by atoms with Gasteiger partial charge in [0.05, 0.1) is 0 Å². The number of esters is 2. The smallest absolute Gasteiger partial charge is 0.432 e. The number of hydrogen-bond donors (Lipinski definition) is 0. The van der Waals surface area contributed by atoms with Crippen molar-refractivity contribution in [2.24, 2.45) is 11.3 Å². The van der Waals surface area contributed by atoms with Gasteiger partial charge >= 0.3 is 24.3 Å². The van der Waals surface area contributed by atoms with Crippen LogP contribution in [0.1, 0.15) is 45.2 Å². The highest BCUT2D eigenvalue weighted by Crippen LogP contribution is 2.47.